The molecule has 18 heavy (non-hydrogen) atoms. The average Bonchev–Trinajstić information content (AvgIpc) is 2.25. The lowest BCUT2D eigenvalue weighted by atomic mass is 10.1. The lowest BCUT2D eigenvalue weighted by Gasteiger charge is -2.16. The van der Waals surface area contributed by atoms with Gasteiger partial charge in [-0.2, -0.15) is 0 Å². The zero-order chi connectivity index (χ0) is 14.0. The summed E-state index contributed by atoms with van der Waals surface area (Å²) in [4.78, 5) is 35.8. The minimum Gasteiger partial charge on any atom is -0.302 e. The first kappa shape index (κ1) is 14.2. The van der Waals surface area contributed by atoms with Crippen LogP contribution in [-0.4, -0.2) is 19.6 Å². The molecule has 0 aliphatic rings. The van der Waals surface area contributed by atoms with E-state index in [1.54, 1.807) is 0 Å². The molecule has 0 unspecified atom stereocenters. The van der Waals surface area contributed by atoms with Crippen molar-refractivity contribution in [3.8, 4) is 0 Å². The third-order valence-corrected chi connectivity index (χ3v) is 2.38. The molecule has 0 aromatic heterocycles. The van der Waals surface area contributed by atoms with Crippen molar-refractivity contribution in [2.75, 3.05) is 0 Å². The van der Waals surface area contributed by atoms with Gasteiger partial charge >= 0.3 is 13.7 Å². The normalized spacial score (nSPS) is 12.1. The summed E-state index contributed by atoms with van der Waals surface area (Å²) < 4.78 is 14.5. The van der Waals surface area contributed by atoms with Gasteiger partial charge in [-0.05, 0) is 12.1 Å². The van der Waals surface area contributed by atoms with Crippen molar-refractivity contribution in [3.63, 3.8) is 0 Å². The number of phosphoric ester groups is 1. The minimum atomic E-state index is -5.44. The Bertz CT molecular complexity index is 497. The van der Waals surface area contributed by atoms with Crippen LogP contribution in [0, 0.1) is 20.2 Å². The van der Waals surface area contributed by atoms with E-state index in [-0.39, 0.29) is 0 Å². The average molecular weight is 278 g/mol. The van der Waals surface area contributed by atoms with Crippen LogP contribution in [0.4, 0.5) is 0 Å². The van der Waals surface area contributed by atoms with Crippen LogP contribution in [0.2, 0.25) is 0 Å². The smallest absolute Gasteiger partial charge is 0.302 e. The van der Waals surface area contributed by atoms with E-state index in [4.69, 9.17) is 9.79 Å². The van der Waals surface area contributed by atoms with E-state index in [9.17, 15) is 24.8 Å². The Labute approximate surface area is 99.4 Å². The number of nitro groups is 2. The predicted octanol–water partition coefficient (Wildman–Crippen LogP) is 0.460. The zero-order valence-electron chi connectivity index (χ0n) is 8.57. The maximum absolute atomic E-state index is 10.8. The van der Waals surface area contributed by atoms with Gasteiger partial charge in [0.25, 0.3) is 0 Å². The van der Waals surface area contributed by atoms with Crippen LogP contribution in [0.15, 0.2) is 30.3 Å². The van der Waals surface area contributed by atoms with Gasteiger partial charge in [0.2, 0.25) is 0 Å². The third kappa shape index (κ3) is 2.68. The molecule has 2 N–H and O–H groups in total. The minimum absolute atomic E-state index is 0.608. The molecule has 0 atom stereocenters. The molecule has 11 heteroatoms. The predicted molar refractivity (Wildman–Crippen MR) is 55.2 cm³/mol. The van der Waals surface area contributed by atoms with Crippen LogP contribution in [0.5, 0.6) is 0 Å². The first-order valence-electron chi connectivity index (χ1n) is 4.31. The van der Waals surface area contributed by atoms with Crippen LogP contribution in [0.25, 0.3) is 0 Å². The van der Waals surface area contributed by atoms with Crippen molar-refractivity contribution in [2.24, 2.45) is 0 Å². The number of phosphoric acid groups is 1. The maximum Gasteiger partial charge on any atom is 0.615 e. The molecule has 1 aromatic rings. The molecule has 0 radical (unpaired) electrons. The highest BCUT2D eigenvalue weighted by Gasteiger charge is 2.64. The second kappa shape index (κ2) is 4.78. The van der Waals surface area contributed by atoms with Gasteiger partial charge in [-0.1, -0.05) is 18.2 Å². The molecule has 0 spiro atoms. The molecule has 0 fully saturated rings. The van der Waals surface area contributed by atoms with E-state index < -0.39 is 29.1 Å². The summed E-state index contributed by atoms with van der Waals surface area (Å²) in [6, 6.07) is 5.81. The molecule has 0 aliphatic heterocycles. The monoisotopic (exact) mass is 278 g/mol. The molecule has 1 rings (SSSR count). The van der Waals surface area contributed by atoms with Gasteiger partial charge < -0.3 is 9.79 Å². The summed E-state index contributed by atoms with van der Waals surface area (Å²) >= 11 is 0. The third-order valence-electron chi connectivity index (χ3n) is 1.89. The van der Waals surface area contributed by atoms with Gasteiger partial charge in [0.1, 0.15) is 15.4 Å². The second-order valence-electron chi connectivity index (χ2n) is 3.07. The molecule has 0 bridgehead atoms. The summed E-state index contributed by atoms with van der Waals surface area (Å²) in [5.74, 6) is -3.54. The van der Waals surface area contributed by atoms with Crippen molar-refractivity contribution in [3.05, 3.63) is 56.1 Å². The number of hydrogen-bond donors (Lipinski definition) is 2. The SMILES string of the molecule is O=[N+]([O-])C(OP(=O)(O)O)(c1ccccc1)[N+](=O)[O-]. The molecule has 0 saturated heterocycles. The van der Waals surface area contributed by atoms with Crippen LogP contribution in [0.3, 0.4) is 0 Å². The van der Waals surface area contributed by atoms with Crippen molar-refractivity contribution >= 4 is 7.82 Å². The fourth-order valence-electron chi connectivity index (χ4n) is 1.22. The van der Waals surface area contributed by atoms with Crippen LogP contribution in [-0.2, 0) is 14.9 Å². The molecule has 1 aromatic carbocycles. The summed E-state index contributed by atoms with van der Waals surface area (Å²) in [6.07, 6.45) is 0. The quantitative estimate of drug-likeness (QED) is 0.340. The molecule has 0 heterocycles. The molecule has 0 amide bonds. The van der Waals surface area contributed by atoms with Gasteiger partial charge in [0.05, 0.1) is 0 Å². The van der Waals surface area contributed by atoms with E-state index >= 15 is 0 Å². The standard InChI is InChI=1S/C7H7N2O8P/c10-8(11)7(9(12)13,17-18(14,15)16)6-4-2-1-3-5-6/h1-5H,(H2,14,15,16). The molecule has 98 valence electrons. The fraction of sp³-hybridized carbons (Fsp3) is 0.143. The van der Waals surface area contributed by atoms with Crippen LogP contribution >= 0.6 is 7.82 Å². The number of nitrogens with zero attached hydrogens (tertiary/aromatic N) is 2. The van der Waals surface area contributed by atoms with Crippen LogP contribution < -0.4 is 0 Å². The highest BCUT2D eigenvalue weighted by Crippen LogP contribution is 2.45. The van der Waals surface area contributed by atoms with Gasteiger partial charge in [0.15, 0.2) is 0 Å². The zero-order valence-corrected chi connectivity index (χ0v) is 9.47. The van der Waals surface area contributed by atoms with E-state index in [0.717, 1.165) is 12.1 Å². The Morgan fingerprint density at radius 2 is 1.56 bits per heavy atom. The summed E-state index contributed by atoms with van der Waals surface area (Å²) in [7, 11) is -5.44. The number of hydrogen-bond acceptors (Lipinski definition) is 6. The Morgan fingerprint density at radius 3 is 1.89 bits per heavy atom. The number of rotatable bonds is 5. The van der Waals surface area contributed by atoms with E-state index in [0.29, 0.717) is 0 Å². The molecule has 0 aliphatic carbocycles. The maximum atomic E-state index is 10.8. The Balaban J connectivity index is 3.46. The van der Waals surface area contributed by atoms with Crippen LogP contribution in [0.1, 0.15) is 5.56 Å². The van der Waals surface area contributed by atoms with Crippen molar-refractivity contribution in [1.82, 2.24) is 0 Å². The highest BCUT2D eigenvalue weighted by atomic mass is 31.2. The van der Waals surface area contributed by atoms with Crippen molar-refractivity contribution < 1.29 is 28.7 Å². The molecule has 0 saturated carbocycles. The lowest BCUT2D eigenvalue weighted by molar-refractivity contribution is -0.856. The van der Waals surface area contributed by atoms with E-state index in [1.165, 1.54) is 18.2 Å². The summed E-state index contributed by atoms with van der Waals surface area (Å²) in [5.41, 5.74) is -0.608. The van der Waals surface area contributed by atoms with E-state index in [1.807, 2.05) is 0 Å². The van der Waals surface area contributed by atoms with Gasteiger partial charge in [0, 0.05) is 0 Å². The Morgan fingerprint density at radius 1 is 1.11 bits per heavy atom. The van der Waals surface area contributed by atoms with E-state index in [2.05, 4.69) is 4.52 Å². The summed E-state index contributed by atoms with van der Waals surface area (Å²) in [5, 5.41) is 21.7. The topological polar surface area (TPSA) is 153 Å². The van der Waals surface area contributed by atoms with Gasteiger partial charge in [-0.25, -0.2) is 4.57 Å². The summed E-state index contributed by atoms with van der Waals surface area (Å²) in [6.45, 7) is 0. The fourth-order valence-corrected chi connectivity index (χ4v) is 1.79. The Hall–Kier alpha value is -1.87. The second-order valence-corrected chi connectivity index (χ2v) is 4.23. The first-order valence-corrected chi connectivity index (χ1v) is 5.84. The number of benzene rings is 1. The van der Waals surface area contributed by atoms with Gasteiger partial charge in [-0.15, -0.1) is 4.52 Å². The Kier molecular flexibility index (Phi) is 3.77. The molecular weight excluding hydrogens is 271 g/mol. The largest absolute Gasteiger partial charge is 0.615 e. The van der Waals surface area contributed by atoms with Crippen molar-refractivity contribution in [1.29, 1.82) is 0 Å². The molecular formula is C7H7N2O8P. The first-order chi connectivity index (χ1) is 8.20. The highest BCUT2D eigenvalue weighted by molar-refractivity contribution is 7.46. The lowest BCUT2D eigenvalue weighted by Crippen LogP contribution is -2.45. The van der Waals surface area contributed by atoms with Gasteiger partial charge in [-0.3, -0.25) is 20.2 Å². The molecule has 10 nitrogen and oxygen atoms in total. The van der Waals surface area contributed by atoms with Crippen molar-refractivity contribution in [2.45, 2.75) is 5.85 Å².